The van der Waals surface area contributed by atoms with Gasteiger partial charge in [-0.2, -0.15) is 0 Å². The molecule has 0 saturated carbocycles. The average Bonchev–Trinajstić information content (AvgIpc) is 2.80. The molecule has 0 aliphatic heterocycles. The van der Waals surface area contributed by atoms with E-state index in [4.69, 9.17) is 46.4 Å². The Hall–Kier alpha value is -1.26. The van der Waals surface area contributed by atoms with Crippen LogP contribution in [0.15, 0.2) is 30.5 Å². The van der Waals surface area contributed by atoms with Gasteiger partial charge in [0.05, 0.1) is 20.1 Å². The SMILES string of the molecule is O=Cc1c(-c2ccc(Cl)c(Cl)c2)nc2c(Cl)cc(Cl)cn12. The van der Waals surface area contributed by atoms with Crippen LogP contribution in [-0.4, -0.2) is 15.7 Å². The lowest BCUT2D eigenvalue weighted by Crippen LogP contribution is -1.92. The van der Waals surface area contributed by atoms with Crippen LogP contribution in [0.1, 0.15) is 10.5 Å². The maximum atomic E-state index is 11.4. The summed E-state index contributed by atoms with van der Waals surface area (Å²) in [6.45, 7) is 0. The topological polar surface area (TPSA) is 34.4 Å². The molecule has 0 atom stereocenters. The molecule has 0 saturated heterocycles. The lowest BCUT2D eigenvalue weighted by atomic mass is 10.1. The molecular formula is C14H6Cl4N2O. The second-order valence-corrected chi connectivity index (χ2v) is 5.95. The molecular weight excluding hydrogens is 354 g/mol. The predicted octanol–water partition coefficient (Wildman–Crippen LogP) is 5.43. The van der Waals surface area contributed by atoms with Gasteiger partial charge in [-0.25, -0.2) is 4.98 Å². The zero-order valence-corrected chi connectivity index (χ0v) is 13.3. The Morgan fingerprint density at radius 3 is 2.43 bits per heavy atom. The van der Waals surface area contributed by atoms with Crippen molar-refractivity contribution in [3.8, 4) is 11.3 Å². The third-order valence-electron chi connectivity index (χ3n) is 2.98. The van der Waals surface area contributed by atoms with E-state index in [-0.39, 0.29) is 0 Å². The van der Waals surface area contributed by atoms with Gasteiger partial charge in [-0.1, -0.05) is 52.5 Å². The Kier molecular flexibility index (Phi) is 3.84. The molecule has 0 unspecified atom stereocenters. The fourth-order valence-electron chi connectivity index (χ4n) is 2.06. The summed E-state index contributed by atoms with van der Waals surface area (Å²) in [5, 5.41) is 1.58. The summed E-state index contributed by atoms with van der Waals surface area (Å²) >= 11 is 24.0. The highest BCUT2D eigenvalue weighted by Gasteiger charge is 2.16. The van der Waals surface area contributed by atoms with Crippen LogP contribution in [0, 0.1) is 0 Å². The summed E-state index contributed by atoms with van der Waals surface area (Å²) in [4.78, 5) is 15.8. The summed E-state index contributed by atoms with van der Waals surface area (Å²) < 4.78 is 1.55. The van der Waals surface area contributed by atoms with E-state index in [0.717, 1.165) is 0 Å². The summed E-state index contributed by atoms with van der Waals surface area (Å²) in [5.41, 5.74) is 1.92. The normalized spacial score (nSPS) is 11.0. The molecule has 0 amide bonds. The van der Waals surface area contributed by atoms with Gasteiger partial charge in [0.1, 0.15) is 11.4 Å². The standard InChI is InChI=1S/C14H6Cl4N2O/c15-8-4-11(18)14-19-13(12(6-21)20(14)5-8)7-1-2-9(16)10(17)3-7/h1-6H. The maximum Gasteiger partial charge on any atom is 0.169 e. The highest BCUT2D eigenvalue weighted by molar-refractivity contribution is 6.42. The Morgan fingerprint density at radius 1 is 1.00 bits per heavy atom. The fraction of sp³-hybridized carbons (Fsp3) is 0. The summed E-state index contributed by atoms with van der Waals surface area (Å²) in [6.07, 6.45) is 2.28. The smallest absolute Gasteiger partial charge is 0.169 e. The summed E-state index contributed by atoms with van der Waals surface area (Å²) in [7, 11) is 0. The van der Waals surface area contributed by atoms with Crippen molar-refractivity contribution in [2.75, 3.05) is 0 Å². The monoisotopic (exact) mass is 358 g/mol. The van der Waals surface area contributed by atoms with Crippen molar-refractivity contribution in [2.24, 2.45) is 0 Å². The van der Waals surface area contributed by atoms with Crippen molar-refractivity contribution >= 4 is 58.3 Å². The molecule has 0 N–H and O–H groups in total. The number of imidazole rings is 1. The number of aromatic nitrogens is 2. The van der Waals surface area contributed by atoms with Crippen molar-refractivity contribution in [3.63, 3.8) is 0 Å². The zero-order chi connectivity index (χ0) is 15.1. The number of benzene rings is 1. The third kappa shape index (κ3) is 2.51. The number of halogens is 4. The Morgan fingerprint density at radius 2 is 1.76 bits per heavy atom. The Labute approximate surface area is 140 Å². The van der Waals surface area contributed by atoms with Crippen LogP contribution in [0.3, 0.4) is 0 Å². The molecule has 3 rings (SSSR count). The molecule has 0 bridgehead atoms. The van der Waals surface area contributed by atoms with E-state index in [1.165, 1.54) is 0 Å². The van der Waals surface area contributed by atoms with Gasteiger partial charge in [-0.15, -0.1) is 0 Å². The van der Waals surface area contributed by atoms with E-state index in [1.807, 2.05) is 0 Å². The highest BCUT2D eigenvalue weighted by atomic mass is 35.5. The minimum atomic E-state index is 0.341. The van der Waals surface area contributed by atoms with Gasteiger partial charge in [0.15, 0.2) is 11.9 Å². The number of carbonyl (C=O) groups is 1. The maximum absolute atomic E-state index is 11.4. The van der Waals surface area contributed by atoms with Crippen molar-refractivity contribution in [2.45, 2.75) is 0 Å². The summed E-state index contributed by atoms with van der Waals surface area (Å²) in [6, 6.07) is 6.59. The molecule has 21 heavy (non-hydrogen) atoms. The van der Waals surface area contributed by atoms with Crippen molar-refractivity contribution in [1.29, 1.82) is 0 Å². The number of hydrogen-bond acceptors (Lipinski definition) is 2. The van der Waals surface area contributed by atoms with E-state index >= 15 is 0 Å². The van der Waals surface area contributed by atoms with Crippen molar-refractivity contribution in [1.82, 2.24) is 9.38 Å². The van der Waals surface area contributed by atoms with Crippen LogP contribution >= 0.6 is 46.4 Å². The van der Waals surface area contributed by atoms with E-state index in [1.54, 1.807) is 34.9 Å². The second kappa shape index (κ2) is 5.50. The molecule has 0 radical (unpaired) electrons. The van der Waals surface area contributed by atoms with Gasteiger partial charge < -0.3 is 0 Å². The van der Waals surface area contributed by atoms with E-state index in [9.17, 15) is 4.79 Å². The average molecular weight is 360 g/mol. The van der Waals surface area contributed by atoms with Crippen LogP contribution in [0.4, 0.5) is 0 Å². The van der Waals surface area contributed by atoms with Gasteiger partial charge in [0, 0.05) is 11.8 Å². The largest absolute Gasteiger partial charge is 0.296 e. The zero-order valence-electron chi connectivity index (χ0n) is 10.3. The highest BCUT2D eigenvalue weighted by Crippen LogP contribution is 2.32. The van der Waals surface area contributed by atoms with Crippen molar-refractivity contribution < 1.29 is 4.79 Å². The molecule has 106 valence electrons. The molecule has 2 heterocycles. The lowest BCUT2D eigenvalue weighted by Gasteiger charge is -2.01. The molecule has 2 aromatic heterocycles. The first-order chi connectivity index (χ1) is 10.0. The predicted molar refractivity (Wildman–Crippen MR) is 86.1 cm³/mol. The molecule has 1 aromatic carbocycles. The molecule has 3 aromatic rings. The molecule has 3 nitrogen and oxygen atoms in total. The first-order valence-electron chi connectivity index (χ1n) is 5.79. The van der Waals surface area contributed by atoms with Crippen LogP contribution in [0.5, 0.6) is 0 Å². The van der Waals surface area contributed by atoms with E-state index in [0.29, 0.717) is 49.0 Å². The van der Waals surface area contributed by atoms with Gasteiger partial charge >= 0.3 is 0 Å². The van der Waals surface area contributed by atoms with Crippen LogP contribution < -0.4 is 0 Å². The van der Waals surface area contributed by atoms with Gasteiger partial charge in [-0.05, 0) is 18.2 Å². The number of fused-ring (bicyclic) bond motifs is 1. The number of carbonyl (C=O) groups excluding carboxylic acids is 1. The molecule has 7 heteroatoms. The summed E-state index contributed by atoms with van der Waals surface area (Å²) in [5.74, 6) is 0. The van der Waals surface area contributed by atoms with E-state index in [2.05, 4.69) is 4.98 Å². The quantitative estimate of drug-likeness (QED) is 0.572. The number of aldehydes is 1. The Bertz CT molecular complexity index is 873. The number of rotatable bonds is 2. The molecule has 0 aliphatic rings. The van der Waals surface area contributed by atoms with E-state index < -0.39 is 0 Å². The van der Waals surface area contributed by atoms with Crippen LogP contribution in [-0.2, 0) is 0 Å². The third-order valence-corrected chi connectivity index (χ3v) is 4.21. The fourth-order valence-corrected chi connectivity index (χ4v) is 2.87. The number of hydrogen-bond donors (Lipinski definition) is 0. The number of pyridine rings is 1. The van der Waals surface area contributed by atoms with Crippen LogP contribution in [0.2, 0.25) is 20.1 Å². The molecule has 0 aliphatic carbocycles. The minimum absolute atomic E-state index is 0.341. The van der Waals surface area contributed by atoms with Gasteiger partial charge in [-0.3, -0.25) is 9.20 Å². The van der Waals surface area contributed by atoms with Crippen LogP contribution in [0.25, 0.3) is 16.9 Å². The lowest BCUT2D eigenvalue weighted by molar-refractivity contribution is 0.111. The first kappa shape index (κ1) is 14.7. The first-order valence-corrected chi connectivity index (χ1v) is 7.30. The molecule has 0 fully saturated rings. The van der Waals surface area contributed by atoms with Gasteiger partial charge in [0.2, 0.25) is 0 Å². The minimum Gasteiger partial charge on any atom is -0.296 e. The second-order valence-electron chi connectivity index (χ2n) is 4.29. The van der Waals surface area contributed by atoms with Gasteiger partial charge in [0.25, 0.3) is 0 Å². The Balaban J connectivity index is 2.34. The number of nitrogens with zero attached hydrogens (tertiary/aromatic N) is 2. The van der Waals surface area contributed by atoms with Crippen molar-refractivity contribution in [3.05, 3.63) is 56.2 Å². The molecule has 0 spiro atoms.